The second kappa shape index (κ2) is 9.58. The number of nitrogens with one attached hydrogen (secondary N) is 1. The van der Waals surface area contributed by atoms with Crippen LogP contribution in [0.25, 0.3) is 38.9 Å². The summed E-state index contributed by atoms with van der Waals surface area (Å²) < 4.78 is 45.0. The Morgan fingerprint density at radius 3 is 2.49 bits per heavy atom. The minimum Gasteiger partial charge on any atom is -0.354 e. The van der Waals surface area contributed by atoms with Crippen LogP contribution in [0.2, 0.25) is 5.02 Å². The first-order chi connectivity index (χ1) is 18.8. The van der Waals surface area contributed by atoms with Gasteiger partial charge in [0, 0.05) is 16.8 Å². The predicted molar refractivity (Wildman–Crippen MR) is 144 cm³/mol. The highest BCUT2D eigenvalue weighted by Gasteiger charge is 2.16. The van der Waals surface area contributed by atoms with Crippen LogP contribution in [0.5, 0.6) is 0 Å². The Morgan fingerprint density at radius 1 is 0.949 bits per heavy atom. The number of anilines is 2. The van der Waals surface area contributed by atoms with Gasteiger partial charge in [0.25, 0.3) is 0 Å². The van der Waals surface area contributed by atoms with E-state index in [0.717, 1.165) is 0 Å². The number of halogens is 2. The van der Waals surface area contributed by atoms with E-state index in [-0.39, 0.29) is 9.92 Å². The minimum absolute atomic E-state index is 0.00408. The first-order valence-electron chi connectivity index (χ1n) is 11.4. The van der Waals surface area contributed by atoms with Crippen molar-refractivity contribution < 1.29 is 17.3 Å². The van der Waals surface area contributed by atoms with Crippen molar-refractivity contribution in [1.82, 2.24) is 25.4 Å². The van der Waals surface area contributed by atoms with Gasteiger partial charge < -0.3 is 9.84 Å². The maximum Gasteiger partial charge on any atom is 0.238 e. The third-order valence-corrected chi connectivity index (χ3v) is 7.30. The molecule has 0 spiro atoms. The maximum atomic E-state index is 14.5. The molecule has 13 heteroatoms. The SMILES string of the molecule is NS(=O)(=O)c1ccc(-c2cc(Nc3noc4cc(-c5cccc(Cl)c5F)ccc34)ccc2-n2cnnn2)cc1. The Kier molecular flexibility index (Phi) is 6.06. The zero-order valence-corrected chi connectivity index (χ0v) is 21.4. The number of rotatable bonds is 6. The number of primary sulfonamides is 1. The first kappa shape index (κ1) is 24.7. The Labute approximate surface area is 225 Å². The molecule has 0 unspecified atom stereocenters. The van der Waals surface area contributed by atoms with Crippen molar-refractivity contribution in [3.8, 4) is 27.9 Å². The standard InChI is InChI=1S/C26H17ClFN7O3S/c27-22-3-1-2-19(25(22)28)16-6-10-20-24(12-16)38-32-26(20)31-17-7-11-23(35-14-30-33-34-35)21(13-17)15-4-8-18(9-5-15)39(29,36)37/h1-14H,(H,31,32)(H2,29,36,37). The zero-order valence-electron chi connectivity index (χ0n) is 19.8. The number of fused-ring (bicyclic) bond motifs is 1. The zero-order chi connectivity index (χ0) is 27.1. The van der Waals surface area contributed by atoms with Crippen LogP contribution in [-0.2, 0) is 10.0 Å². The van der Waals surface area contributed by atoms with Gasteiger partial charge in [-0.15, -0.1) is 5.10 Å². The van der Waals surface area contributed by atoms with Gasteiger partial charge in [0.15, 0.2) is 11.4 Å². The third kappa shape index (κ3) is 4.72. The van der Waals surface area contributed by atoms with Crippen LogP contribution < -0.4 is 10.5 Å². The summed E-state index contributed by atoms with van der Waals surface area (Å²) in [5.41, 5.74) is 4.14. The van der Waals surface area contributed by atoms with Gasteiger partial charge in [0.05, 0.1) is 21.0 Å². The van der Waals surface area contributed by atoms with Gasteiger partial charge in [0.2, 0.25) is 10.0 Å². The number of tetrazole rings is 1. The van der Waals surface area contributed by atoms with E-state index in [1.54, 1.807) is 42.5 Å². The van der Waals surface area contributed by atoms with Crippen LogP contribution >= 0.6 is 11.6 Å². The summed E-state index contributed by atoms with van der Waals surface area (Å²) in [5.74, 6) is -0.0579. The molecule has 0 bridgehead atoms. The Morgan fingerprint density at radius 2 is 1.74 bits per heavy atom. The fourth-order valence-electron chi connectivity index (χ4n) is 4.20. The number of hydrogen-bond donors (Lipinski definition) is 2. The van der Waals surface area contributed by atoms with Gasteiger partial charge in [-0.05, 0) is 70.1 Å². The van der Waals surface area contributed by atoms with Crippen molar-refractivity contribution in [2.45, 2.75) is 4.90 Å². The molecule has 0 atom stereocenters. The van der Waals surface area contributed by atoms with Gasteiger partial charge in [-0.25, -0.2) is 17.9 Å². The molecule has 0 saturated carbocycles. The molecule has 194 valence electrons. The third-order valence-electron chi connectivity index (χ3n) is 6.08. The lowest BCUT2D eigenvalue weighted by molar-refractivity contribution is 0.460. The quantitative estimate of drug-likeness (QED) is 0.278. The number of benzene rings is 4. The van der Waals surface area contributed by atoms with E-state index in [1.807, 2.05) is 18.2 Å². The van der Waals surface area contributed by atoms with Crippen molar-refractivity contribution in [2.24, 2.45) is 5.14 Å². The van der Waals surface area contributed by atoms with E-state index in [9.17, 15) is 12.8 Å². The molecule has 0 aliphatic carbocycles. The number of nitrogens with two attached hydrogens (primary N) is 1. The van der Waals surface area contributed by atoms with Gasteiger partial charge in [-0.3, -0.25) is 0 Å². The highest BCUT2D eigenvalue weighted by molar-refractivity contribution is 7.89. The van der Waals surface area contributed by atoms with E-state index < -0.39 is 15.8 Å². The topological polar surface area (TPSA) is 142 Å². The van der Waals surface area contributed by atoms with Gasteiger partial charge >= 0.3 is 0 Å². The average Bonchev–Trinajstić information content (AvgIpc) is 3.60. The van der Waals surface area contributed by atoms with Crippen LogP contribution in [0.4, 0.5) is 15.9 Å². The van der Waals surface area contributed by atoms with Gasteiger partial charge in [-0.1, -0.05) is 47.1 Å². The van der Waals surface area contributed by atoms with Gasteiger partial charge in [-0.2, -0.15) is 4.68 Å². The monoisotopic (exact) mass is 561 g/mol. The number of aromatic nitrogens is 5. The lowest BCUT2D eigenvalue weighted by Gasteiger charge is -2.12. The van der Waals surface area contributed by atoms with E-state index in [2.05, 4.69) is 26.0 Å². The second-order valence-electron chi connectivity index (χ2n) is 8.52. The molecule has 0 aliphatic heterocycles. The molecule has 4 aromatic carbocycles. The molecule has 2 aromatic heterocycles. The summed E-state index contributed by atoms with van der Waals surface area (Å²) in [6, 6.07) is 21.7. The molecule has 3 N–H and O–H groups in total. The van der Waals surface area contributed by atoms with Crippen LogP contribution in [0.1, 0.15) is 0 Å². The Hall–Kier alpha value is -4.65. The van der Waals surface area contributed by atoms with Crippen LogP contribution in [0.3, 0.4) is 0 Å². The molecule has 0 aliphatic rings. The fourth-order valence-corrected chi connectivity index (χ4v) is 4.89. The van der Waals surface area contributed by atoms with Crippen molar-refractivity contribution in [3.63, 3.8) is 0 Å². The molecule has 39 heavy (non-hydrogen) atoms. The fraction of sp³-hybridized carbons (Fsp3) is 0. The Balaban J connectivity index is 1.37. The van der Waals surface area contributed by atoms with Gasteiger partial charge in [0.1, 0.15) is 12.1 Å². The molecular formula is C26H17ClFN7O3S. The molecule has 2 heterocycles. The van der Waals surface area contributed by atoms with Crippen LogP contribution in [0.15, 0.2) is 94.6 Å². The van der Waals surface area contributed by atoms with Crippen molar-refractivity contribution in [2.75, 3.05) is 5.32 Å². The molecule has 0 saturated heterocycles. The molecule has 6 rings (SSSR count). The number of hydrogen-bond acceptors (Lipinski definition) is 8. The summed E-state index contributed by atoms with van der Waals surface area (Å²) >= 11 is 5.94. The highest BCUT2D eigenvalue weighted by atomic mass is 35.5. The van der Waals surface area contributed by atoms with Crippen molar-refractivity contribution in [3.05, 3.63) is 96.0 Å². The molecular weight excluding hydrogens is 545 g/mol. The van der Waals surface area contributed by atoms with E-state index in [1.165, 1.54) is 29.2 Å². The minimum atomic E-state index is -3.84. The van der Waals surface area contributed by atoms with Crippen LogP contribution in [-0.4, -0.2) is 33.8 Å². The molecule has 10 nitrogen and oxygen atoms in total. The Bertz CT molecular complexity index is 1940. The second-order valence-corrected chi connectivity index (χ2v) is 10.5. The smallest absolute Gasteiger partial charge is 0.238 e. The lowest BCUT2D eigenvalue weighted by atomic mass is 10.0. The maximum absolute atomic E-state index is 14.5. The predicted octanol–water partition coefficient (Wildman–Crippen LogP) is 5.32. The van der Waals surface area contributed by atoms with Crippen LogP contribution in [0, 0.1) is 5.82 Å². The summed E-state index contributed by atoms with van der Waals surface area (Å²) in [7, 11) is -3.84. The average molecular weight is 562 g/mol. The van der Waals surface area contributed by atoms with E-state index >= 15 is 0 Å². The largest absolute Gasteiger partial charge is 0.354 e. The summed E-state index contributed by atoms with van der Waals surface area (Å²) in [6.45, 7) is 0. The van der Waals surface area contributed by atoms with E-state index in [4.69, 9.17) is 21.3 Å². The number of nitrogens with zero attached hydrogens (tertiary/aromatic N) is 5. The highest BCUT2D eigenvalue weighted by Crippen LogP contribution is 2.35. The van der Waals surface area contributed by atoms with Crippen molar-refractivity contribution in [1.29, 1.82) is 0 Å². The normalized spacial score (nSPS) is 11.7. The van der Waals surface area contributed by atoms with E-state index in [0.29, 0.717) is 50.4 Å². The van der Waals surface area contributed by atoms with Crippen molar-refractivity contribution >= 4 is 44.1 Å². The summed E-state index contributed by atoms with van der Waals surface area (Å²) in [4.78, 5) is -0.00408. The molecule has 0 radical (unpaired) electrons. The first-order valence-corrected chi connectivity index (χ1v) is 13.3. The summed E-state index contributed by atoms with van der Waals surface area (Å²) in [5, 5.41) is 24.8. The number of sulfonamides is 1. The lowest BCUT2D eigenvalue weighted by Crippen LogP contribution is -2.11. The molecule has 6 aromatic rings. The molecule has 0 amide bonds. The molecule has 0 fully saturated rings. The summed E-state index contributed by atoms with van der Waals surface area (Å²) in [6.07, 6.45) is 1.45.